The number of fused-ring (bicyclic) bond motifs is 1. The molecule has 2 heterocycles. The van der Waals surface area contributed by atoms with E-state index in [1.807, 2.05) is 78.5 Å². The quantitative estimate of drug-likeness (QED) is 0.563. The first-order chi connectivity index (χ1) is 13.6. The van der Waals surface area contributed by atoms with Crippen LogP contribution in [0.5, 0.6) is 0 Å². The van der Waals surface area contributed by atoms with Crippen molar-refractivity contribution in [3.63, 3.8) is 0 Å². The average molecular weight is 371 g/mol. The summed E-state index contributed by atoms with van der Waals surface area (Å²) >= 11 is 0. The summed E-state index contributed by atoms with van der Waals surface area (Å²) in [6, 6.07) is 19.2. The minimum absolute atomic E-state index is 0.109. The van der Waals surface area contributed by atoms with Gasteiger partial charge in [-0.2, -0.15) is 0 Å². The van der Waals surface area contributed by atoms with Crippen molar-refractivity contribution in [3.8, 4) is 5.69 Å². The molecule has 0 saturated carbocycles. The van der Waals surface area contributed by atoms with Crippen LogP contribution in [0.2, 0.25) is 0 Å². The highest BCUT2D eigenvalue weighted by Gasteiger charge is 2.08. The summed E-state index contributed by atoms with van der Waals surface area (Å²) in [4.78, 5) is 27.7. The number of pyridine rings is 1. The predicted octanol–water partition coefficient (Wildman–Crippen LogP) is 3.60. The van der Waals surface area contributed by atoms with Crippen LogP contribution in [0.25, 0.3) is 16.6 Å². The maximum absolute atomic E-state index is 12.5. The zero-order chi connectivity index (χ0) is 19.5. The molecule has 0 saturated heterocycles. The van der Waals surface area contributed by atoms with Crippen molar-refractivity contribution < 1.29 is 4.79 Å². The van der Waals surface area contributed by atoms with Crippen LogP contribution in [0.3, 0.4) is 0 Å². The van der Waals surface area contributed by atoms with Crippen LogP contribution in [0.4, 0.5) is 0 Å². The Bertz CT molecular complexity index is 1190. The molecule has 0 atom stereocenters. The van der Waals surface area contributed by atoms with E-state index in [4.69, 9.17) is 0 Å². The van der Waals surface area contributed by atoms with E-state index in [2.05, 4.69) is 10.3 Å². The van der Waals surface area contributed by atoms with Gasteiger partial charge in [0.05, 0.1) is 0 Å². The molecule has 4 aromatic rings. The second-order valence-electron chi connectivity index (χ2n) is 6.86. The first kappa shape index (κ1) is 17.8. The van der Waals surface area contributed by atoms with Crippen LogP contribution >= 0.6 is 0 Å². The van der Waals surface area contributed by atoms with Gasteiger partial charge in [-0.15, -0.1) is 0 Å². The Morgan fingerprint density at radius 1 is 1.04 bits per heavy atom. The van der Waals surface area contributed by atoms with E-state index in [-0.39, 0.29) is 11.5 Å². The highest BCUT2D eigenvalue weighted by atomic mass is 16.1. The lowest BCUT2D eigenvalue weighted by molar-refractivity contribution is 0.0954. The molecule has 2 N–H and O–H groups in total. The maximum atomic E-state index is 12.5. The molecule has 4 rings (SSSR count). The van der Waals surface area contributed by atoms with Crippen LogP contribution in [-0.2, 0) is 6.42 Å². The fourth-order valence-corrected chi connectivity index (χ4v) is 3.27. The van der Waals surface area contributed by atoms with E-state index in [1.165, 1.54) is 0 Å². The molecule has 1 amide bonds. The summed E-state index contributed by atoms with van der Waals surface area (Å²) in [6.45, 7) is 2.39. The van der Waals surface area contributed by atoms with Gasteiger partial charge < -0.3 is 14.9 Å². The van der Waals surface area contributed by atoms with Gasteiger partial charge in [0.1, 0.15) is 0 Å². The number of benzene rings is 2. The summed E-state index contributed by atoms with van der Waals surface area (Å²) in [6.07, 6.45) is 4.34. The largest absolute Gasteiger partial charge is 0.352 e. The topological polar surface area (TPSA) is 66.9 Å². The van der Waals surface area contributed by atoms with E-state index in [0.29, 0.717) is 24.1 Å². The Labute approximate surface area is 162 Å². The third kappa shape index (κ3) is 3.74. The number of H-pyrrole nitrogens is 1. The Hall–Kier alpha value is -3.60. The molecule has 2 aromatic heterocycles. The molecule has 0 aliphatic heterocycles. The van der Waals surface area contributed by atoms with Gasteiger partial charge in [-0.05, 0) is 66.8 Å². The number of rotatable bonds is 5. The molecule has 0 radical (unpaired) electrons. The van der Waals surface area contributed by atoms with Crippen LogP contribution < -0.4 is 10.9 Å². The Morgan fingerprint density at radius 2 is 1.86 bits per heavy atom. The van der Waals surface area contributed by atoms with E-state index in [0.717, 1.165) is 22.2 Å². The van der Waals surface area contributed by atoms with Gasteiger partial charge in [0.25, 0.3) is 11.5 Å². The number of carbonyl (C=O) groups is 1. The van der Waals surface area contributed by atoms with Crippen molar-refractivity contribution in [3.05, 3.63) is 100 Å². The average Bonchev–Trinajstić information content (AvgIpc) is 3.23. The van der Waals surface area contributed by atoms with E-state index in [9.17, 15) is 9.59 Å². The van der Waals surface area contributed by atoms with Gasteiger partial charge in [-0.25, -0.2) is 0 Å². The third-order valence-electron chi connectivity index (χ3n) is 4.77. The first-order valence-electron chi connectivity index (χ1n) is 9.24. The van der Waals surface area contributed by atoms with Crippen molar-refractivity contribution in [1.82, 2.24) is 14.9 Å². The van der Waals surface area contributed by atoms with Gasteiger partial charge in [0.2, 0.25) is 0 Å². The number of aryl methyl sites for hydroxylation is 1. The summed E-state index contributed by atoms with van der Waals surface area (Å²) in [5.41, 5.74) is 4.01. The molecule has 0 fully saturated rings. The van der Waals surface area contributed by atoms with Gasteiger partial charge in [0.15, 0.2) is 0 Å². The van der Waals surface area contributed by atoms with Crippen molar-refractivity contribution in [2.75, 3.05) is 6.54 Å². The predicted molar refractivity (Wildman–Crippen MR) is 111 cm³/mol. The Kier molecular flexibility index (Phi) is 4.81. The molecule has 0 spiro atoms. The monoisotopic (exact) mass is 371 g/mol. The van der Waals surface area contributed by atoms with Crippen molar-refractivity contribution >= 4 is 16.8 Å². The van der Waals surface area contributed by atoms with Crippen LogP contribution in [0.1, 0.15) is 21.5 Å². The highest BCUT2D eigenvalue weighted by molar-refractivity contribution is 5.94. The molecule has 0 bridgehead atoms. The molecule has 5 nitrogen and oxygen atoms in total. The summed E-state index contributed by atoms with van der Waals surface area (Å²) in [5, 5.41) is 3.89. The summed E-state index contributed by atoms with van der Waals surface area (Å²) in [7, 11) is 0. The van der Waals surface area contributed by atoms with Gasteiger partial charge in [-0.3, -0.25) is 9.59 Å². The van der Waals surface area contributed by atoms with Crippen molar-refractivity contribution in [2.24, 2.45) is 0 Å². The first-order valence-corrected chi connectivity index (χ1v) is 9.24. The Morgan fingerprint density at radius 3 is 2.68 bits per heavy atom. The molecular formula is C23H21N3O2. The van der Waals surface area contributed by atoms with Crippen molar-refractivity contribution in [2.45, 2.75) is 13.3 Å². The number of nitrogens with zero attached hydrogens (tertiary/aromatic N) is 1. The zero-order valence-corrected chi connectivity index (χ0v) is 15.6. The molecule has 140 valence electrons. The molecule has 0 unspecified atom stereocenters. The second-order valence-corrected chi connectivity index (χ2v) is 6.86. The fourth-order valence-electron chi connectivity index (χ4n) is 3.27. The molecule has 0 aliphatic rings. The van der Waals surface area contributed by atoms with E-state index in [1.54, 1.807) is 6.07 Å². The number of nitrogens with one attached hydrogen (secondary N) is 2. The number of hydrogen-bond donors (Lipinski definition) is 2. The number of hydrogen-bond acceptors (Lipinski definition) is 2. The molecule has 5 heteroatoms. The summed E-state index contributed by atoms with van der Waals surface area (Å²) in [5.74, 6) is -0.151. The van der Waals surface area contributed by atoms with E-state index >= 15 is 0 Å². The number of carbonyl (C=O) groups excluding carboxylic acids is 1. The third-order valence-corrected chi connectivity index (χ3v) is 4.77. The normalized spacial score (nSPS) is 10.9. The number of aromatic nitrogens is 2. The number of aromatic amines is 1. The van der Waals surface area contributed by atoms with Crippen LogP contribution in [-0.4, -0.2) is 22.0 Å². The lowest BCUT2D eigenvalue weighted by Crippen LogP contribution is -2.27. The molecular weight excluding hydrogens is 350 g/mol. The zero-order valence-electron chi connectivity index (χ0n) is 15.6. The van der Waals surface area contributed by atoms with Crippen LogP contribution in [0, 0.1) is 6.92 Å². The van der Waals surface area contributed by atoms with Gasteiger partial charge in [-0.1, -0.05) is 18.2 Å². The SMILES string of the molecule is Cc1ccc2cc(CCNC(=O)c3cccc(-n4cccc4)c3)c(=O)[nH]c2c1. The maximum Gasteiger partial charge on any atom is 0.251 e. The second kappa shape index (κ2) is 7.56. The minimum Gasteiger partial charge on any atom is -0.352 e. The van der Waals surface area contributed by atoms with Crippen LogP contribution in [0.15, 0.2) is 77.9 Å². The fraction of sp³-hybridized carbons (Fsp3) is 0.130. The molecule has 2 aromatic carbocycles. The van der Waals surface area contributed by atoms with Crippen molar-refractivity contribution in [1.29, 1.82) is 0 Å². The smallest absolute Gasteiger partial charge is 0.251 e. The molecule has 28 heavy (non-hydrogen) atoms. The number of amides is 1. The summed E-state index contributed by atoms with van der Waals surface area (Å²) < 4.78 is 1.95. The Balaban J connectivity index is 1.44. The van der Waals surface area contributed by atoms with E-state index < -0.39 is 0 Å². The lowest BCUT2D eigenvalue weighted by Gasteiger charge is -2.08. The lowest BCUT2D eigenvalue weighted by atomic mass is 10.1. The molecule has 0 aliphatic carbocycles. The van der Waals surface area contributed by atoms with Gasteiger partial charge >= 0.3 is 0 Å². The minimum atomic E-state index is -0.151. The van der Waals surface area contributed by atoms with Gasteiger partial charge in [0, 0.05) is 41.3 Å². The standard InChI is InChI=1S/C23H21N3O2/c1-16-7-8-17-14-19(23(28)25-21(17)13-16)9-10-24-22(27)18-5-4-6-20(15-18)26-11-2-3-12-26/h2-8,11-15H,9-10H2,1H3,(H,24,27)(H,25,28). The highest BCUT2D eigenvalue weighted by Crippen LogP contribution is 2.13.